The average molecular weight is 517 g/mol. The maximum Gasteiger partial charge on any atom is 0.281 e. The number of aromatic nitrogens is 2. The van der Waals surface area contributed by atoms with Crippen molar-refractivity contribution in [2.45, 2.75) is 39.1 Å². The lowest BCUT2D eigenvalue weighted by Crippen LogP contribution is -2.31. The van der Waals surface area contributed by atoms with E-state index in [1.807, 2.05) is 64.1 Å². The molecule has 0 aliphatic rings. The van der Waals surface area contributed by atoms with E-state index < -0.39 is 15.9 Å². The summed E-state index contributed by atoms with van der Waals surface area (Å²) in [7, 11) is -4.31. The van der Waals surface area contributed by atoms with Gasteiger partial charge in [0.1, 0.15) is 17.1 Å². The van der Waals surface area contributed by atoms with Gasteiger partial charge in [-0.2, -0.15) is 8.42 Å². The average Bonchev–Trinajstić information content (AvgIpc) is 2.86. The zero-order chi connectivity index (χ0) is 26.7. The molecule has 0 atom stereocenters. The van der Waals surface area contributed by atoms with Crippen molar-refractivity contribution in [2.24, 2.45) is 0 Å². The van der Waals surface area contributed by atoms with Crippen molar-refractivity contribution in [1.29, 1.82) is 0 Å². The largest absolute Gasteiger partial charge is 0.438 e. The Morgan fingerprint density at radius 3 is 2.38 bits per heavy atom. The van der Waals surface area contributed by atoms with Crippen LogP contribution in [0.3, 0.4) is 0 Å². The molecular formula is C28H28N4O4S. The van der Waals surface area contributed by atoms with Crippen LogP contribution in [0.4, 0.5) is 5.82 Å². The van der Waals surface area contributed by atoms with Crippen molar-refractivity contribution in [3.8, 4) is 22.8 Å². The van der Waals surface area contributed by atoms with Crippen LogP contribution in [0, 0.1) is 20.8 Å². The minimum absolute atomic E-state index is 0.0129. The van der Waals surface area contributed by atoms with Crippen molar-refractivity contribution in [1.82, 2.24) is 14.7 Å². The number of nitrogens with one attached hydrogen (secondary N) is 1. The van der Waals surface area contributed by atoms with E-state index in [0.717, 1.165) is 34.2 Å². The van der Waals surface area contributed by atoms with E-state index in [1.165, 1.54) is 18.2 Å². The van der Waals surface area contributed by atoms with Crippen molar-refractivity contribution in [3.05, 3.63) is 94.7 Å². The van der Waals surface area contributed by atoms with Gasteiger partial charge in [0, 0.05) is 11.8 Å². The zero-order valence-corrected chi connectivity index (χ0v) is 21.9. The number of rotatable bonds is 7. The van der Waals surface area contributed by atoms with Gasteiger partial charge in [-0.3, -0.25) is 4.79 Å². The SMILES string of the molecule is CCc1ccccc1-c1cnc(Oc2c(C)cc(C)cc2C)c(C(=O)NS(=O)(=O)c2cccc(N)n2)c1. The topological polar surface area (TPSA) is 124 Å². The number of benzene rings is 2. The molecule has 190 valence electrons. The third-order valence-corrected chi connectivity index (χ3v) is 7.09. The van der Waals surface area contributed by atoms with Crippen molar-refractivity contribution < 1.29 is 17.9 Å². The molecule has 0 aliphatic carbocycles. The summed E-state index contributed by atoms with van der Waals surface area (Å²) >= 11 is 0. The standard InChI is InChI=1S/C28H28N4O4S/c1-5-20-9-6-7-10-22(20)21-15-23(27(33)32-37(34,35)25-12-8-11-24(29)31-25)28(30-16-21)36-26-18(3)13-17(2)14-19(26)4/h6-16H,5H2,1-4H3,(H2,29,31)(H,32,33). The summed E-state index contributed by atoms with van der Waals surface area (Å²) in [4.78, 5) is 21.7. The minimum Gasteiger partial charge on any atom is -0.438 e. The van der Waals surface area contributed by atoms with Crippen LogP contribution in [0.2, 0.25) is 0 Å². The molecule has 2 aromatic heterocycles. The monoisotopic (exact) mass is 516 g/mol. The van der Waals surface area contributed by atoms with Crippen molar-refractivity contribution >= 4 is 21.7 Å². The Morgan fingerprint density at radius 2 is 1.70 bits per heavy atom. The first kappa shape index (κ1) is 25.8. The molecule has 2 aromatic carbocycles. The summed E-state index contributed by atoms with van der Waals surface area (Å²) in [6.07, 6.45) is 2.39. The van der Waals surface area contributed by atoms with Crippen LogP contribution in [0.5, 0.6) is 11.6 Å². The molecule has 0 bridgehead atoms. The Bertz CT molecular complexity index is 1580. The second-order valence-corrected chi connectivity index (χ2v) is 10.4. The number of aryl methyl sites for hydroxylation is 4. The van der Waals surface area contributed by atoms with Gasteiger partial charge < -0.3 is 10.5 Å². The zero-order valence-electron chi connectivity index (χ0n) is 21.1. The highest BCUT2D eigenvalue weighted by molar-refractivity contribution is 7.90. The summed E-state index contributed by atoms with van der Waals surface area (Å²) in [6, 6.07) is 17.4. The summed E-state index contributed by atoms with van der Waals surface area (Å²) in [5.74, 6) is -0.343. The molecule has 4 aromatic rings. The van der Waals surface area contributed by atoms with E-state index in [4.69, 9.17) is 10.5 Å². The Labute approximate surface area is 216 Å². The molecule has 9 heteroatoms. The summed E-state index contributed by atoms with van der Waals surface area (Å²) in [6.45, 7) is 7.81. The van der Waals surface area contributed by atoms with Crippen LogP contribution in [0.15, 0.2) is 71.9 Å². The predicted molar refractivity (Wildman–Crippen MR) is 143 cm³/mol. The first-order valence-electron chi connectivity index (χ1n) is 11.7. The van der Waals surface area contributed by atoms with Gasteiger partial charge in [0.25, 0.3) is 15.9 Å². The van der Waals surface area contributed by atoms with Gasteiger partial charge in [-0.1, -0.05) is 55.0 Å². The van der Waals surface area contributed by atoms with Gasteiger partial charge in [0.15, 0.2) is 5.03 Å². The van der Waals surface area contributed by atoms with E-state index in [-0.39, 0.29) is 22.3 Å². The smallest absolute Gasteiger partial charge is 0.281 e. The first-order valence-corrected chi connectivity index (χ1v) is 13.2. The van der Waals surface area contributed by atoms with Gasteiger partial charge in [-0.25, -0.2) is 14.7 Å². The van der Waals surface area contributed by atoms with E-state index in [0.29, 0.717) is 11.3 Å². The fourth-order valence-corrected chi connectivity index (χ4v) is 5.13. The Kier molecular flexibility index (Phi) is 7.26. The minimum atomic E-state index is -4.31. The molecule has 0 saturated carbocycles. The van der Waals surface area contributed by atoms with Crippen molar-refractivity contribution in [2.75, 3.05) is 5.73 Å². The molecule has 1 amide bonds. The Morgan fingerprint density at radius 1 is 1.00 bits per heavy atom. The molecule has 0 fully saturated rings. The third-order valence-electron chi connectivity index (χ3n) is 5.86. The summed E-state index contributed by atoms with van der Waals surface area (Å²) < 4.78 is 34.1. The van der Waals surface area contributed by atoms with E-state index >= 15 is 0 Å². The number of carbonyl (C=O) groups is 1. The summed E-state index contributed by atoms with van der Waals surface area (Å²) in [5, 5.41) is -0.367. The van der Waals surface area contributed by atoms with Crippen molar-refractivity contribution in [3.63, 3.8) is 0 Å². The number of nitrogen functional groups attached to an aromatic ring is 1. The number of sulfonamides is 1. The van der Waals surface area contributed by atoms with Crippen LogP contribution in [-0.4, -0.2) is 24.3 Å². The molecule has 8 nitrogen and oxygen atoms in total. The fourth-order valence-electron chi connectivity index (χ4n) is 4.19. The predicted octanol–water partition coefficient (Wildman–Crippen LogP) is 5.12. The molecular weight excluding hydrogens is 488 g/mol. The number of nitrogens with zero attached hydrogens (tertiary/aromatic N) is 2. The lowest BCUT2D eigenvalue weighted by Gasteiger charge is -2.16. The van der Waals surface area contributed by atoms with Gasteiger partial charge in [-0.15, -0.1) is 0 Å². The Balaban J connectivity index is 1.81. The number of nitrogens with two attached hydrogens (primary N) is 1. The molecule has 3 N–H and O–H groups in total. The van der Waals surface area contributed by atoms with Crippen LogP contribution in [-0.2, 0) is 16.4 Å². The molecule has 2 heterocycles. The van der Waals surface area contributed by atoms with Gasteiger partial charge >= 0.3 is 0 Å². The van der Waals surface area contributed by atoms with Crippen LogP contribution in [0.25, 0.3) is 11.1 Å². The number of amides is 1. The van der Waals surface area contributed by atoms with Crippen LogP contribution in [0.1, 0.15) is 39.5 Å². The molecule has 0 radical (unpaired) electrons. The third kappa shape index (κ3) is 5.62. The van der Waals surface area contributed by atoms with Gasteiger partial charge in [0.2, 0.25) is 5.88 Å². The lowest BCUT2D eigenvalue weighted by atomic mass is 9.98. The molecule has 0 spiro atoms. The highest BCUT2D eigenvalue weighted by Crippen LogP contribution is 2.33. The fraction of sp³-hybridized carbons (Fsp3) is 0.179. The number of hydrogen-bond acceptors (Lipinski definition) is 7. The maximum absolute atomic E-state index is 13.4. The maximum atomic E-state index is 13.4. The normalized spacial score (nSPS) is 11.2. The number of anilines is 1. The first-order chi connectivity index (χ1) is 17.6. The highest BCUT2D eigenvalue weighted by Gasteiger charge is 2.25. The van der Waals surface area contributed by atoms with Crippen LogP contribution >= 0.6 is 0 Å². The van der Waals surface area contributed by atoms with Gasteiger partial charge in [-0.05, 0) is 67.6 Å². The Hall–Kier alpha value is -4.24. The van der Waals surface area contributed by atoms with Gasteiger partial charge in [0.05, 0.1) is 0 Å². The lowest BCUT2D eigenvalue weighted by molar-refractivity contribution is 0.0978. The molecule has 0 aliphatic heterocycles. The number of hydrogen-bond donors (Lipinski definition) is 2. The second kappa shape index (κ2) is 10.4. The second-order valence-electron chi connectivity index (χ2n) is 8.75. The number of pyridine rings is 2. The summed E-state index contributed by atoms with van der Waals surface area (Å²) in [5.41, 5.74) is 11.0. The quantitative estimate of drug-likeness (QED) is 0.349. The molecule has 4 rings (SSSR count). The van der Waals surface area contributed by atoms with E-state index in [9.17, 15) is 13.2 Å². The number of carbonyl (C=O) groups excluding carboxylic acids is 1. The number of ether oxygens (including phenoxy) is 1. The van der Waals surface area contributed by atoms with Crippen LogP contribution < -0.4 is 15.2 Å². The molecule has 37 heavy (non-hydrogen) atoms. The van der Waals surface area contributed by atoms with E-state index in [2.05, 4.69) is 14.7 Å². The molecule has 0 saturated heterocycles. The molecule has 0 unspecified atom stereocenters. The highest BCUT2D eigenvalue weighted by atomic mass is 32.2. The van der Waals surface area contributed by atoms with E-state index in [1.54, 1.807) is 12.3 Å².